The predicted molar refractivity (Wildman–Crippen MR) is 86.2 cm³/mol. The summed E-state index contributed by atoms with van der Waals surface area (Å²) >= 11 is 8.10. The van der Waals surface area contributed by atoms with Crippen LogP contribution in [-0.4, -0.2) is 11.8 Å². The summed E-state index contributed by atoms with van der Waals surface area (Å²) in [5, 5.41) is 4.65. The van der Waals surface area contributed by atoms with Crippen LogP contribution in [0.1, 0.15) is 51.6 Å². The first-order valence-corrected chi connectivity index (χ1v) is 8.64. The summed E-state index contributed by atoms with van der Waals surface area (Å²) in [6.45, 7) is 6.90. The van der Waals surface area contributed by atoms with Gasteiger partial charge < -0.3 is 5.32 Å². The number of hydrogen-bond donors (Lipinski definition) is 1. The molecule has 0 saturated heterocycles. The van der Waals surface area contributed by atoms with Crippen LogP contribution in [0.15, 0.2) is 23.1 Å². The molecule has 1 aromatic rings. The van der Waals surface area contributed by atoms with Crippen molar-refractivity contribution in [1.82, 2.24) is 5.32 Å². The molecule has 1 heterocycles. The maximum atomic E-state index is 6.15. The normalized spacial score (nSPS) is 21.8. The highest BCUT2D eigenvalue weighted by molar-refractivity contribution is 7.99. The molecule has 0 amide bonds. The van der Waals surface area contributed by atoms with Crippen LogP contribution >= 0.6 is 23.4 Å². The minimum atomic E-state index is 0.467. The maximum Gasteiger partial charge on any atom is 0.0410 e. The van der Waals surface area contributed by atoms with Crippen molar-refractivity contribution in [3.05, 3.63) is 28.8 Å². The fourth-order valence-corrected chi connectivity index (χ4v) is 4.01. The molecule has 0 fully saturated rings. The summed E-state index contributed by atoms with van der Waals surface area (Å²) in [6.07, 6.45) is 3.70. The lowest BCUT2D eigenvalue weighted by Gasteiger charge is -2.30. The van der Waals surface area contributed by atoms with Crippen LogP contribution in [0.4, 0.5) is 0 Å². The summed E-state index contributed by atoms with van der Waals surface area (Å²) in [4.78, 5) is 1.39. The molecule has 106 valence electrons. The highest BCUT2D eigenvalue weighted by Crippen LogP contribution is 2.37. The molecule has 0 spiro atoms. The molecule has 1 N–H and O–H groups in total. The number of benzene rings is 1. The van der Waals surface area contributed by atoms with E-state index in [1.807, 2.05) is 17.8 Å². The van der Waals surface area contributed by atoms with E-state index in [0.29, 0.717) is 12.1 Å². The Morgan fingerprint density at radius 3 is 2.95 bits per heavy atom. The first-order valence-electron chi connectivity index (χ1n) is 7.28. The van der Waals surface area contributed by atoms with Crippen molar-refractivity contribution in [3.8, 4) is 0 Å². The third-order valence-electron chi connectivity index (χ3n) is 3.95. The monoisotopic (exact) mass is 297 g/mol. The standard InChI is InChI=1S/C16H24ClNS/c1-4-11(2)9-12(3)18-15-7-8-19-16-6-5-13(17)10-14(15)16/h5-6,10-12,15,18H,4,7-9H2,1-3H3. The molecular weight excluding hydrogens is 274 g/mol. The minimum Gasteiger partial charge on any atom is -0.307 e. The van der Waals surface area contributed by atoms with E-state index in [-0.39, 0.29) is 0 Å². The van der Waals surface area contributed by atoms with Crippen molar-refractivity contribution in [1.29, 1.82) is 0 Å². The highest BCUT2D eigenvalue weighted by Gasteiger charge is 2.22. The van der Waals surface area contributed by atoms with E-state index in [1.54, 1.807) is 0 Å². The number of rotatable bonds is 5. The van der Waals surface area contributed by atoms with Gasteiger partial charge in [-0.3, -0.25) is 0 Å². The zero-order valence-electron chi connectivity index (χ0n) is 12.1. The highest BCUT2D eigenvalue weighted by atomic mass is 35.5. The fourth-order valence-electron chi connectivity index (χ4n) is 2.72. The van der Waals surface area contributed by atoms with Crippen molar-refractivity contribution >= 4 is 23.4 Å². The Bertz CT molecular complexity index is 421. The van der Waals surface area contributed by atoms with Crippen LogP contribution in [0.3, 0.4) is 0 Å². The van der Waals surface area contributed by atoms with Gasteiger partial charge in [0.15, 0.2) is 0 Å². The van der Waals surface area contributed by atoms with Gasteiger partial charge in [0.1, 0.15) is 0 Å². The molecule has 1 aliphatic rings. The van der Waals surface area contributed by atoms with Gasteiger partial charge in [0, 0.05) is 22.0 Å². The summed E-state index contributed by atoms with van der Waals surface area (Å²) in [5.41, 5.74) is 1.39. The van der Waals surface area contributed by atoms with Gasteiger partial charge in [0.25, 0.3) is 0 Å². The Kier molecular flexibility index (Phi) is 5.61. The minimum absolute atomic E-state index is 0.467. The number of nitrogens with one attached hydrogen (secondary N) is 1. The second kappa shape index (κ2) is 7.01. The van der Waals surface area contributed by atoms with Gasteiger partial charge in [0.05, 0.1) is 0 Å². The lowest BCUT2D eigenvalue weighted by atomic mass is 9.97. The number of fused-ring (bicyclic) bond motifs is 1. The molecule has 0 bridgehead atoms. The topological polar surface area (TPSA) is 12.0 Å². The van der Waals surface area contributed by atoms with Gasteiger partial charge in [-0.05, 0) is 55.2 Å². The van der Waals surface area contributed by atoms with Gasteiger partial charge in [-0.25, -0.2) is 0 Å². The van der Waals surface area contributed by atoms with Gasteiger partial charge in [-0.1, -0.05) is 31.9 Å². The van der Waals surface area contributed by atoms with Crippen molar-refractivity contribution in [2.75, 3.05) is 5.75 Å². The molecule has 2 rings (SSSR count). The van der Waals surface area contributed by atoms with Crippen molar-refractivity contribution in [3.63, 3.8) is 0 Å². The number of hydrogen-bond acceptors (Lipinski definition) is 2. The first kappa shape index (κ1) is 15.2. The molecule has 0 radical (unpaired) electrons. The molecule has 3 atom stereocenters. The summed E-state index contributed by atoms with van der Waals surface area (Å²) in [5.74, 6) is 1.99. The SMILES string of the molecule is CCC(C)CC(C)NC1CCSc2ccc(Cl)cc21. The number of thioether (sulfide) groups is 1. The van der Waals surface area contributed by atoms with E-state index in [9.17, 15) is 0 Å². The van der Waals surface area contributed by atoms with Crippen molar-refractivity contribution in [2.45, 2.75) is 57.0 Å². The molecule has 3 heteroatoms. The molecule has 0 saturated carbocycles. The number of halogens is 1. The van der Waals surface area contributed by atoms with E-state index in [2.05, 4.69) is 38.2 Å². The first-order chi connectivity index (χ1) is 9.10. The lowest BCUT2D eigenvalue weighted by Crippen LogP contribution is -2.33. The quantitative estimate of drug-likeness (QED) is 0.792. The molecule has 0 aromatic heterocycles. The smallest absolute Gasteiger partial charge is 0.0410 e. The van der Waals surface area contributed by atoms with Crippen molar-refractivity contribution < 1.29 is 0 Å². The van der Waals surface area contributed by atoms with Gasteiger partial charge in [-0.15, -0.1) is 11.8 Å². The molecule has 1 nitrogen and oxygen atoms in total. The molecule has 1 aliphatic heterocycles. The molecular formula is C16H24ClNS. The Balaban J connectivity index is 2.04. The molecule has 1 aromatic carbocycles. The second-order valence-corrected chi connectivity index (χ2v) is 7.26. The Labute approximate surface area is 126 Å². The summed E-state index contributed by atoms with van der Waals surface area (Å²) in [6, 6.07) is 7.33. The zero-order valence-corrected chi connectivity index (χ0v) is 13.7. The summed E-state index contributed by atoms with van der Waals surface area (Å²) < 4.78 is 0. The van der Waals surface area contributed by atoms with E-state index in [0.717, 1.165) is 10.9 Å². The third-order valence-corrected chi connectivity index (χ3v) is 5.31. The third kappa shape index (κ3) is 4.14. The van der Waals surface area contributed by atoms with Crippen LogP contribution in [0, 0.1) is 5.92 Å². The van der Waals surface area contributed by atoms with Crippen LogP contribution in [-0.2, 0) is 0 Å². The zero-order chi connectivity index (χ0) is 13.8. The Morgan fingerprint density at radius 1 is 1.42 bits per heavy atom. The molecule has 19 heavy (non-hydrogen) atoms. The van der Waals surface area contributed by atoms with Crippen LogP contribution < -0.4 is 5.32 Å². The predicted octanol–water partition coefficient (Wildman–Crippen LogP) is 5.29. The Morgan fingerprint density at radius 2 is 2.21 bits per heavy atom. The molecule has 0 aliphatic carbocycles. The van der Waals surface area contributed by atoms with Crippen molar-refractivity contribution in [2.24, 2.45) is 5.92 Å². The lowest BCUT2D eigenvalue weighted by molar-refractivity contribution is 0.368. The van der Waals surface area contributed by atoms with Crippen LogP contribution in [0.25, 0.3) is 0 Å². The fraction of sp³-hybridized carbons (Fsp3) is 0.625. The second-order valence-electron chi connectivity index (χ2n) is 5.69. The van der Waals surface area contributed by atoms with Gasteiger partial charge in [0.2, 0.25) is 0 Å². The van der Waals surface area contributed by atoms with E-state index in [1.165, 1.54) is 35.5 Å². The van der Waals surface area contributed by atoms with Crippen LogP contribution in [0.5, 0.6) is 0 Å². The average Bonchev–Trinajstić information content (AvgIpc) is 2.39. The van der Waals surface area contributed by atoms with Gasteiger partial charge >= 0.3 is 0 Å². The molecule has 3 unspecified atom stereocenters. The van der Waals surface area contributed by atoms with E-state index in [4.69, 9.17) is 11.6 Å². The largest absolute Gasteiger partial charge is 0.307 e. The summed E-state index contributed by atoms with van der Waals surface area (Å²) in [7, 11) is 0. The maximum absolute atomic E-state index is 6.15. The van der Waals surface area contributed by atoms with Crippen LogP contribution in [0.2, 0.25) is 5.02 Å². The van der Waals surface area contributed by atoms with E-state index < -0.39 is 0 Å². The Hall–Kier alpha value is -0.180. The van der Waals surface area contributed by atoms with Gasteiger partial charge in [-0.2, -0.15) is 0 Å². The van der Waals surface area contributed by atoms with E-state index >= 15 is 0 Å². The average molecular weight is 298 g/mol.